The molecule has 0 bridgehead atoms. The maximum absolute atomic E-state index is 13.2. The number of carbonyl (C=O) groups excluding carboxylic acids is 1. The molecule has 0 aliphatic heterocycles. The number of benzene rings is 3. The Morgan fingerprint density at radius 3 is 2.50 bits per heavy atom. The van der Waals surface area contributed by atoms with E-state index in [1.165, 1.54) is 0 Å². The summed E-state index contributed by atoms with van der Waals surface area (Å²) < 4.78 is 5.70. The number of hydrogen-bond donors (Lipinski definition) is 3. The first-order valence-corrected chi connectivity index (χ1v) is 11.8. The molecular formula is C30H28N4O2. The summed E-state index contributed by atoms with van der Waals surface area (Å²) in [5.41, 5.74) is 9.00. The second-order valence-electron chi connectivity index (χ2n) is 8.81. The lowest BCUT2D eigenvalue weighted by Crippen LogP contribution is -2.13. The zero-order valence-electron chi connectivity index (χ0n) is 20.8. The molecule has 3 aromatic carbocycles. The van der Waals surface area contributed by atoms with Gasteiger partial charge in [0.05, 0.1) is 7.11 Å². The number of aromatic nitrogens is 3. The van der Waals surface area contributed by atoms with Gasteiger partial charge in [-0.15, -0.1) is 0 Å². The Labute approximate surface area is 210 Å². The Morgan fingerprint density at radius 1 is 0.917 bits per heavy atom. The molecule has 5 aromatic rings. The molecule has 0 unspecified atom stereocenters. The van der Waals surface area contributed by atoms with E-state index >= 15 is 0 Å². The van der Waals surface area contributed by atoms with Crippen LogP contribution in [0.25, 0.3) is 33.8 Å². The van der Waals surface area contributed by atoms with Gasteiger partial charge in [-0.1, -0.05) is 36.4 Å². The molecular weight excluding hydrogens is 448 g/mol. The fraction of sp³-hybridized carbons (Fsp3) is 0.133. The third-order valence-corrected chi connectivity index (χ3v) is 6.45. The Bertz CT molecular complexity index is 1550. The van der Waals surface area contributed by atoms with E-state index in [-0.39, 0.29) is 5.91 Å². The minimum atomic E-state index is -0.260. The summed E-state index contributed by atoms with van der Waals surface area (Å²) in [6, 6.07) is 23.8. The number of rotatable bonds is 6. The highest BCUT2D eigenvalue weighted by atomic mass is 16.5. The fourth-order valence-electron chi connectivity index (χ4n) is 4.58. The van der Waals surface area contributed by atoms with E-state index < -0.39 is 0 Å². The van der Waals surface area contributed by atoms with Crippen LogP contribution in [0.15, 0.2) is 79.0 Å². The van der Waals surface area contributed by atoms with Crippen molar-refractivity contribution in [3.05, 3.63) is 102 Å². The second kappa shape index (κ2) is 9.58. The van der Waals surface area contributed by atoms with Crippen LogP contribution in [-0.4, -0.2) is 28.0 Å². The standard InChI is InChI=1S/C30H28N4O2/c1-18-9-5-6-12-23(18)27-19(2)24(14-15-26(27)36-4)29-32-20(3)28(34-29)30(35)33-22-11-7-10-21(17-22)25-13-8-16-31-25/h5-17,31H,1-4H3,(H,32,34)(H,33,35). The lowest BCUT2D eigenvalue weighted by molar-refractivity contribution is 0.102. The van der Waals surface area contributed by atoms with Crippen molar-refractivity contribution in [2.75, 3.05) is 12.4 Å². The third-order valence-electron chi connectivity index (χ3n) is 6.45. The second-order valence-corrected chi connectivity index (χ2v) is 8.81. The lowest BCUT2D eigenvalue weighted by atomic mass is 9.92. The number of ether oxygens (including phenoxy) is 1. The number of amides is 1. The molecule has 5 rings (SSSR count). The van der Waals surface area contributed by atoms with Crippen molar-refractivity contribution in [3.8, 4) is 39.5 Å². The number of aryl methyl sites for hydroxylation is 2. The molecule has 0 aliphatic rings. The van der Waals surface area contributed by atoms with Gasteiger partial charge in [-0.25, -0.2) is 4.98 Å². The summed E-state index contributed by atoms with van der Waals surface area (Å²) in [6.45, 7) is 6.01. The van der Waals surface area contributed by atoms with E-state index in [4.69, 9.17) is 9.72 Å². The van der Waals surface area contributed by atoms with Crippen LogP contribution in [0.4, 0.5) is 5.69 Å². The van der Waals surface area contributed by atoms with Gasteiger partial charge in [0, 0.05) is 34.4 Å². The lowest BCUT2D eigenvalue weighted by Gasteiger charge is -2.16. The van der Waals surface area contributed by atoms with Gasteiger partial charge in [-0.2, -0.15) is 0 Å². The average molecular weight is 477 g/mol. The Hall–Kier alpha value is -4.58. The molecule has 6 heteroatoms. The smallest absolute Gasteiger partial charge is 0.276 e. The normalized spacial score (nSPS) is 10.9. The summed E-state index contributed by atoms with van der Waals surface area (Å²) >= 11 is 0. The molecule has 0 radical (unpaired) electrons. The summed E-state index contributed by atoms with van der Waals surface area (Å²) in [5, 5.41) is 2.99. The summed E-state index contributed by atoms with van der Waals surface area (Å²) in [4.78, 5) is 24.4. The highest BCUT2D eigenvalue weighted by Gasteiger charge is 2.20. The minimum Gasteiger partial charge on any atom is -0.496 e. The van der Waals surface area contributed by atoms with Crippen LogP contribution in [0.5, 0.6) is 5.75 Å². The molecule has 0 fully saturated rings. The number of carbonyl (C=O) groups is 1. The first-order valence-electron chi connectivity index (χ1n) is 11.8. The van der Waals surface area contributed by atoms with Gasteiger partial charge in [-0.3, -0.25) is 4.79 Å². The van der Waals surface area contributed by atoms with Crippen molar-refractivity contribution in [3.63, 3.8) is 0 Å². The van der Waals surface area contributed by atoms with Crippen molar-refractivity contribution < 1.29 is 9.53 Å². The number of H-pyrrole nitrogens is 2. The Balaban J connectivity index is 1.48. The van der Waals surface area contributed by atoms with Crippen LogP contribution < -0.4 is 10.1 Å². The molecule has 36 heavy (non-hydrogen) atoms. The van der Waals surface area contributed by atoms with Gasteiger partial charge < -0.3 is 20.0 Å². The molecule has 1 amide bonds. The molecule has 0 aliphatic carbocycles. The van der Waals surface area contributed by atoms with Crippen LogP contribution in [0, 0.1) is 20.8 Å². The highest BCUT2D eigenvalue weighted by Crippen LogP contribution is 2.39. The maximum atomic E-state index is 13.2. The van der Waals surface area contributed by atoms with E-state index in [1.54, 1.807) is 7.11 Å². The molecule has 0 saturated heterocycles. The summed E-state index contributed by atoms with van der Waals surface area (Å²) in [7, 11) is 1.68. The number of hydrogen-bond acceptors (Lipinski definition) is 3. The van der Waals surface area contributed by atoms with Crippen LogP contribution in [0.3, 0.4) is 0 Å². The fourth-order valence-corrected chi connectivity index (χ4v) is 4.58. The SMILES string of the molecule is COc1ccc(-c2nc(C(=O)Nc3cccc(-c4ccc[nH]4)c3)c(C)[nH]2)c(C)c1-c1ccccc1C. The van der Waals surface area contributed by atoms with Gasteiger partial charge in [0.2, 0.25) is 0 Å². The molecule has 180 valence electrons. The monoisotopic (exact) mass is 476 g/mol. The van der Waals surface area contributed by atoms with Crippen molar-refractivity contribution in [2.24, 2.45) is 0 Å². The first kappa shape index (κ1) is 23.2. The predicted octanol–water partition coefficient (Wildman–Crippen LogP) is 6.92. The van der Waals surface area contributed by atoms with Gasteiger partial charge in [-0.05, 0) is 79.4 Å². The minimum absolute atomic E-state index is 0.260. The Kier molecular flexibility index (Phi) is 6.17. The first-order chi connectivity index (χ1) is 17.5. The quantitative estimate of drug-likeness (QED) is 0.249. The number of nitrogens with one attached hydrogen (secondary N) is 3. The van der Waals surface area contributed by atoms with Crippen molar-refractivity contribution in [2.45, 2.75) is 20.8 Å². The number of nitrogens with zero attached hydrogens (tertiary/aromatic N) is 1. The molecule has 3 N–H and O–H groups in total. The number of aromatic amines is 2. The van der Waals surface area contributed by atoms with Gasteiger partial charge >= 0.3 is 0 Å². The van der Waals surface area contributed by atoms with Crippen LogP contribution in [0.1, 0.15) is 27.3 Å². The molecule has 6 nitrogen and oxygen atoms in total. The average Bonchev–Trinajstić information content (AvgIpc) is 3.55. The van der Waals surface area contributed by atoms with E-state index in [9.17, 15) is 4.79 Å². The molecule has 2 heterocycles. The molecule has 0 spiro atoms. The topological polar surface area (TPSA) is 82.8 Å². The highest BCUT2D eigenvalue weighted by molar-refractivity contribution is 6.04. The molecule has 2 aromatic heterocycles. The number of anilines is 1. The van der Waals surface area contributed by atoms with E-state index in [2.05, 4.69) is 41.3 Å². The van der Waals surface area contributed by atoms with Crippen LogP contribution >= 0.6 is 0 Å². The van der Waals surface area contributed by atoms with Gasteiger partial charge in [0.1, 0.15) is 17.3 Å². The number of imidazole rings is 1. The summed E-state index contributed by atoms with van der Waals surface area (Å²) in [5.74, 6) is 1.19. The summed E-state index contributed by atoms with van der Waals surface area (Å²) in [6.07, 6.45) is 1.88. The van der Waals surface area contributed by atoms with Crippen molar-refractivity contribution in [1.82, 2.24) is 15.0 Å². The predicted molar refractivity (Wildman–Crippen MR) is 144 cm³/mol. The van der Waals surface area contributed by atoms with Crippen LogP contribution in [0.2, 0.25) is 0 Å². The van der Waals surface area contributed by atoms with Crippen molar-refractivity contribution in [1.29, 1.82) is 0 Å². The van der Waals surface area contributed by atoms with Crippen molar-refractivity contribution >= 4 is 11.6 Å². The van der Waals surface area contributed by atoms with E-state index in [0.717, 1.165) is 44.8 Å². The largest absolute Gasteiger partial charge is 0.496 e. The molecule has 0 atom stereocenters. The zero-order chi connectivity index (χ0) is 25.2. The van der Waals surface area contributed by atoms with Crippen LogP contribution in [-0.2, 0) is 0 Å². The van der Waals surface area contributed by atoms with Gasteiger partial charge in [0.15, 0.2) is 0 Å². The third kappa shape index (κ3) is 4.29. The zero-order valence-corrected chi connectivity index (χ0v) is 20.8. The molecule has 0 saturated carbocycles. The van der Waals surface area contributed by atoms with E-state index in [1.807, 2.05) is 73.8 Å². The number of methoxy groups -OCH3 is 1. The van der Waals surface area contributed by atoms with Gasteiger partial charge in [0.25, 0.3) is 5.91 Å². The Morgan fingerprint density at radius 2 is 1.75 bits per heavy atom. The van der Waals surface area contributed by atoms with E-state index in [0.29, 0.717) is 22.9 Å². The maximum Gasteiger partial charge on any atom is 0.276 e.